The van der Waals surface area contributed by atoms with E-state index in [2.05, 4.69) is 10.2 Å². The minimum atomic E-state index is -0.420. The van der Waals surface area contributed by atoms with E-state index in [1.54, 1.807) is 7.11 Å². The highest BCUT2D eigenvalue weighted by Gasteiger charge is 2.23. The maximum Gasteiger partial charge on any atom is 0.0900 e. The third-order valence-electron chi connectivity index (χ3n) is 3.61. The molecule has 1 aliphatic rings. The van der Waals surface area contributed by atoms with Crippen molar-refractivity contribution in [2.75, 3.05) is 47.0 Å². The fourth-order valence-electron chi connectivity index (χ4n) is 2.65. The van der Waals surface area contributed by atoms with Crippen molar-refractivity contribution in [2.24, 2.45) is 0 Å². The van der Waals surface area contributed by atoms with E-state index < -0.39 is 6.10 Å². The molecule has 5 heteroatoms. The molecule has 3 atom stereocenters. The Bertz CT molecular complexity index is 227. The molecule has 3 unspecified atom stereocenters. The van der Waals surface area contributed by atoms with Crippen molar-refractivity contribution in [3.8, 4) is 0 Å². The molecular weight excluding hydrogens is 244 g/mol. The summed E-state index contributed by atoms with van der Waals surface area (Å²) in [6.45, 7) is 5.68. The van der Waals surface area contributed by atoms with Gasteiger partial charge >= 0.3 is 0 Å². The zero-order valence-corrected chi connectivity index (χ0v) is 12.6. The SMILES string of the molecule is CNCC1CCCCN1CC(O)COC(C)COC. The van der Waals surface area contributed by atoms with Gasteiger partial charge in [-0.15, -0.1) is 0 Å². The molecule has 0 aromatic carbocycles. The third kappa shape index (κ3) is 6.68. The summed E-state index contributed by atoms with van der Waals surface area (Å²) in [6.07, 6.45) is 3.36. The Labute approximate surface area is 117 Å². The summed E-state index contributed by atoms with van der Waals surface area (Å²) in [6, 6.07) is 0.546. The van der Waals surface area contributed by atoms with E-state index in [9.17, 15) is 5.11 Å². The first kappa shape index (κ1) is 16.9. The van der Waals surface area contributed by atoms with E-state index in [-0.39, 0.29) is 6.10 Å². The number of ether oxygens (including phenoxy) is 2. The zero-order chi connectivity index (χ0) is 14.1. The van der Waals surface area contributed by atoms with E-state index in [1.807, 2.05) is 14.0 Å². The smallest absolute Gasteiger partial charge is 0.0900 e. The summed E-state index contributed by atoms with van der Waals surface area (Å²) in [7, 11) is 3.64. The summed E-state index contributed by atoms with van der Waals surface area (Å²) in [5.41, 5.74) is 0. The van der Waals surface area contributed by atoms with Gasteiger partial charge in [0.1, 0.15) is 0 Å². The molecule has 1 heterocycles. The van der Waals surface area contributed by atoms with Crippen molar-refractivity contribution in [3.63, 3.8) is 0 Å². The minimum absolute atomic E-state index is 0.0362. The van der Waals surface area contributed by atoms with Crippen molar-refractivity contribution < 1.29 is 14.6 Å². The van der Waals surface area contributed by atoms with Crippen molar-refractivity contribution >= 4 is 0 Å². The number of nitrogens with one attached hydrogen (secondary N) is 1. The van der Waals surface area contributed by atoms with Crippen molar-refractivity contribution in [1.29, 1.82) is 0 Å². The quantitative estimate of drug-likeness (QED) is 0.640. The molecule has 0 spiro atoms. The van der Waals surface area contributed by atoms with E-state index in [0.29, 0.717) is 25.8 Å². The van der Waals surface area contributed by atoms with Crippen LogP contribution in [0.4, 0.5) is 0 Å². The lowest BCUT2D eigenvalue weighted by atomic mass is 10.0. The molecule has 0 aromatic heterocycles. The Balaban J connectivity index is 2.26. The first-order valence-electron chi connectivity index (χ1n) is 7.34. The maximum absolute atomic E-state index is 10.1. The number of nitrogens with zero attached hydrogens (tertiary/aromatic N) is 1. The predicted molar refractivity (Wildman–Crippen MR) is 76.4 cm³/mol. The highest BCUT2D eigenvalue weighted by molar-refractivity contribution is 4.80. The lowest BCUT2D eigenvalue weighted by molar-refractivity contribution is -0.0449. The Morgan fingerprint density at radius 1 is 1.37 bits per heavy atom. The summed E-state index contributed by atoms with van der Waals surface area (Å²) in [5.74, 6) is 0. The molecular formula is C14H30N2O3. The molecule has 0 bridgehead atoms. The third-order valence-corrected chi connectivity index (χ3v) is 3.61. The molecule has 2 N–H and O–H groups in total. The first-order chi connectivity index (χ1) is 9.17. The molecule has 0 amide bonds. The van der Waals surface area contributed by atoms with Crippen LogP contribution in [0.1, 0.15) is 26.2 Å². The Kier molecular flexibility index (Phi) is 8.57. The van der Waals surface area contributed by atoms with Crippen LogP contribution in [-0.2, 0) is 9.47 Å². The molecule has 1 saturated heterocycles. The monoisotopic (exact) mass is 274 g/mol. The summed E-state index contributed by atoms with van der Waals surface area (Å²) in [5, 5.41) is 13.3. The van der Waals surface area contributed by atoms with Crippen LogP contribution in [0.3, 0.4) is 0 Å². The fraction of sp³-hybridized carbons (Fsp3) is 1.00. The average molecular weight is 274 g/mol. The fourth-order valence-corrected chi connectivity index (χ4v) is 2.65. The van der Waals surface area contributed by atoms with Crippen LogP contribution in [0.25, 0.3) is 0 Å². The average Bonchev–Trinajstić information content (AvgIpc) is 2.39. The number of β-amino-alcohol motifs (C(OH)–C–C–N with tert-alkyl or cyclic N) is 1. The second-order valence-corrected chi connectivity index (χ2v) is 5.46. The number of likely N-dealkylation sites (N-methyl/N-ethyl adjacent to an activating group) is 1. The van der Waals surface area contributed by atoms with Crippen LogP contribution in [0.5, 0.6) is 0 Å². The highest BCUT2D eigenvalue weighted by Crippen LogP contribution is 2.16. The van der Waals surface area contributed by atoms with Gasteiger partial charge in [0.15, 0.2) is 0 Å². The molecule has 5 nitrogen and oxygen atoms in total. The van der Waals surface area contributed by atoms with Gasteiger partial charge < -0.3 is 19.9 Å². The van der Waals surface area contributed by atoms with Gasteiger partial charge in [-0.05, 0) is 33.4 Å². The summed E-state index contributed by atoms with van der Waals surface area (Å²) in [4.78, 5) is 2.38. The molecule has 0 saturated carbocycles. The Hall–Kier alpha value is -0.200. The molecule has 0 aliphatic carbocycles. The van der Waals surface area contributed by atoms with Gasteiger partial charge in [0.25, 0.3) is 0 Å². The number of aliphatic hydroxyl groups is 1. The normalized spacial score (nSPS) is 24.3. The van der Waals surface area contributed by atoms with Gasteiger partial charge in [-0.3, -0.25) is 4.90 Å². The summed E-state index contributed by atoms with van der Waals surface area (Å²) < 4.78 is 10.6. The molecule has 1 aliphatic heterocycles. The number of piperidine rings is 1. The van der Waals surface area contributed by atoms with Crippen LogP contribution in [0, 0.1) is 0 Å². The number of methoxy groups -OCH3 is 1. The lowest BCUT2D eigenvalue weighted by Gasteiger charge is -2.36. The molecule has 19 heavy (non-hydrogen) atoms. The Morgan fingerprint density at radius 3 is 2.84 bits per heavy atom. The maximum atomic E-state index is 10.1. The van der Waals surface area contributed by atoms with Crippen LogP contribution in [0.15, 0.2) is 0 Å². The zero-order valence-electron chi connectivity index (χ0n) is 12.6. The first-order valence-corrected chi connectivity index (χ1v) is 7.34. The number of hydrogen-bond donors (Lipinski definition) is 2. The molecule has 0 radical (unpaired) electrons. The molecule has 1 fully saturated rings. The second-order valence-electron chi connectivity index (χ2n) is 5.46. The van der Waals surface area contributed by atoms with Crippen molar-refractivity contribution in [3.05, 3.63) is 0 Å². The van der Waals surface area contributed by atoms with Crippen LogP contribution in [-0.4, -0.2) is 75.3 Å². The predicted octanol–water partition coefficient (Wildman–Crippen LogP) is 0.473. The van der Waals surface area contributed by atoms with Gasteiger partial charge in [-0.2, -0.15) is 0 Å². The molecule has 114 valence electrons. The topological polar surface area (TPSA) is 54.0 Å². The van der Waals surface area contributed by atoms with E-state index in [0.717, 1.165) is 13.1 Å². The van der Waals surface area contributed by atoms with Gasteiger partial charge in [-0.25, -0.2) is 0 Å². The largest absolute Gasteiger partial charge is 0.389 e. The number of rotatable bonds is 9. The van der Waals surface area contributed by atoms with Crippen LogP contribution >= 0.6 is 0 Å². The van der Waals surface area contributed by atoms with Crippen molar-refractivity contribution in [2.45, 2.75) is 44.4 Å². The van der Waals surface area contributed by atoms with Gasteiger partial charge in [0.05, 0.1) is 25.4 Å². The number of likely N-dealkylation sites (tertiary alicyclic amines) is 1. The highest BCUT2D eigenvalue weighted by atomic mass is 16.5. The van der Waals surface area contributed by atoms with Crippen LogP contribution in [0.2, 0.25) is 0 Å². The lowest BCUT2D eigenvalue weighted by Crippen LogP contribution is -2.48. The van der Waals surface area contributed by atoms with Crippen molar-refractivity contribution in [1.82, 2.24) is 10.2 Å². The molecule has 1 rings (SSSR count). The van der Waals surface area contributed by atoms with Gasteiger partial charge in [-0.1, -0.05) is 6.42 Å². The van der Waals surface area contributed by atoms with Gasteiger partial charge in [0, 0.05) is 26.2 Å². The van der Waals surface area contributed by atoms with E-state index in [1.165, 1.54) is 19.3 Å². The standard InChI is InChI=1S/C14H30N2O3/c1-12(10-18-3)19-11-14(17)9-16-7-5-4-6-13(16)8-15-2/h12-15,17H,4-11H2,1-3H3. The number of hydrogen-bond acceptors (Lipinski definition) is 5. The van der Waals surface area contributed by atoms with Gasteiger partial charge in [0.2, 0.25) is 0 Å². The van der Waals surface area contributed by atoms with E-state index >= 15 is 0 Å². The minimum Gasteiger partial charge on any atom is -0.389 e. The summed E-state index contributed by atoms with van der Waals surface area (Å²) >= 11 is 0. The Morgan fingerprint density at radius 2 is 2.16 bits per heavy atom. The number of aliphatic hydroxyl groups excluding tert-OH is 1. The van der Waals surface area contributed by atoms with Crippen LogP contribution < -0.4 is 5.32 Å². The molecule has 0 aromatic rings. The second kappa shape index (κ2) is 9.66. The van der Waals surface area contributed by atoms with E-state index in [4.69, 9.17) is 9.47 Å².